The van der Waals surface area contributed by atoms with Gasteiger partial charge < -0.3 is 10.3 Å². The van der Waals surface area contributed by atoms with Crippen molar-refractivity contribution in [1.82, 2.24) is 15.3 Å². The quantitative estimate of drug-likeness (QED) is 0.846. The molecule has 3 rings (SSSR count). The van der Waals surface area contributed by atoms with E-state index in [4.69, 9.17) is 0 Å². The maximum atomic E-state index is 12.1. The van der Waals surface area contributed by atoms with Gasteiger partial charge in [-0.05, 0) is 37.6 Å². The standard InChI is InChI=1S/C14H14BrN3O/c1-8-2-3-9(11(15)6-8)13-17-12-7-16-5-4-10(12)14(19)18-13/h2-3,6,16H,4-5,7H2,1H3,(H,17,18,19). The van der Waals surface area contributed by atoms with Gasteiger partial charge in [0.05, 0.1) is 5.69 Å². The number of hydrogen-bond donors (Lipinski definition) is 2. The van der Waals surface area contributed by atoms with Gasteiger partial charge in [-0.2, -0.15) is 0 Å². The summed E-state index contributed by atoms with van der Waals surface area (Å²) in [5, 5.41) is 3.24. The molecule has 1 aromatic carbocycles. The molecular weight excluding hydrogens is 306 g/mol. The van der Waals surface area contributed by atoms with Crippen molar-refractivity contribution < 1.29 is 0 Å². The number of rotatable bonds is 1. The van der Waals surface area contributed by atoms with E-state index in [1.54, 1.807) is 0 Å². The van der Waals surface area contributed by atoms with Gasteiger partial charge in [0.1, 0.15) is 5.82 Å². The third-order valence-corrected chi connectivity index (χ3v) is 3.98. The Balaban J connectivity index is 2.15. The molecule has 2 N–H and O–H groups in total. The number of hydrogen-bond acceptors (Lipinski definition) is 3. The van der Waals surface area contributed by atoms with E-state index in [2.05, 4.69) is 31.2 Å². The van der Waals surface area contributed by atoms with Crippen LogP contribution in [0.15, 0.2) is 27.5 Å². The molecule has 0 fully saturated rings. The second-order valence-electron chi connectivity index (χ2n) is 4.75. The van der Waals surface area contributed by atoms with Crippen LogP contribution in [-0.2, 0) is 13.0 Å². The highest BCUT2D eigenvalue weighted by molar-refractivity contribution is 9.10. The average molecular weight is 320 g/mol. The summed E-state index contributed by atoms with van der Waals surface area (Å²) in [7, 11) is 0. The second kappa shape index (κ2) is 4.90. The van der Waals surface area contributed by atoms with Crippen LogP contribution < -0.4 is 10.9 Å². The normalized spacial score (nSPS) is 14.2. The zero-order valence-corrected chi connectivity index (χ0v) is 12.2. The Kier molecular flexibility index (Phi) is 3.24. The molecule has 4 nitrogen and oxygen atoms in total. The van der Waals surface area contributed by atoms with Crippen molar-refractivity contribution in [3.63, 3.8) is 0 Å². The van der Waals surface area contributed by atoms with Crippen molar-refractivity contribution in [3.8, 4) is 11.4 Å². The number of H-pyrrole nitrogens is 1. The maximum Gasteiger partial charge on any atom is 0.254 e. The van der Waals surface area contributed by atoms with Gasteiger partial charge in [-0.1, -0.05) is 22.0 Å². The molecule has 0 amide bonds. The molecular formula is C14H14BrN3O. The smallest absolute Gasteiger partial charge is 0.254 e. The largest absolute Gasteiger partial charge is 0.311 e. The van der Waals surface area contributed by atoms with Crippen LogP contribution in [0.4, 0.5) is 0 Å². The van der Waals surface area contributed by atoms with Crippen LogP contribution in [-0.4, -0.2) is 16.5 Å². The summed E-state index contributed by atoms with van der Waals surface area (Å²) in [6, 6.07) is 6.01. The molecule has 1 aliphatic heterocycles. The minimum Gasteiger partial charge on any atom is -0.311 e. The molecule has 1 aromatic heterocycles. The lowest BCUT2D eigenvalue weighted by Crippen LogP contribution is -2.31. The summed E-state index contributed by atoms with van der Waals surface area (Å²) in [5.41, 5.74) is 3.73. The molecule has 2 aromatic rings. The minimum absolute atomic E-state index is 0.0195. The van der Waals surface area contributed by atoms with Gasteiger partial charge in [-0.15, -0.1) is 0 Å². The first-order valence-electron chi connectivity index (χ1n) is 6.24. The van der Waals surface area contributed by atoms with Gasteiger partial charge in [-0.25, -0.2) is 4.98 Å². The van der Waals surface area contributed by atoms with E-state index < -0.39 is 0 Å². The molecule has 5 heteroatoms. The Labute approximate surface area is 119 Å². The molecule has 1 aliphatic rings. The summed E-state index contributed by atoms with van der Waals surface area (Å²) >= 11 is 3.53. The van der Waals surface area contributed by atoms with E-state index in [0.29, 0.717) is 12.4 Å². The van der Waals surface area contributed by atoms with E-state index in [1.807, 2.05) is 25.1 Å². The molecule has 0 radical (unpaired) electrons. The fraction of sp³-hybridized carbons (Fsp3) is 0.286. The molecule has 2 heterocycles. The molecule has 98 valence electrons. The Morgan fingerprint density at radius 3 is 3.00 bits per heavy atom. The average Bonchev–Trinajstić information content (AvgIpc) is 2.38. The fourth-order valence-corrected chi connectivity index (χ4v) is 2.99. The predicted octanol–water partition coefficient (Wildman–Crippen LogP) is 2.15. The fourth-order valence-electron chi connectivity index (χ4n) is 2.31. The van der Waals surface area contributed by atoms with Crippen LogP contribution in [0, 0.1) is 6.92 Å². The third-order valence-electron chi connectivity index (χ3n) is 3.33. The summed E-state index contributed by atoms with van der Waals surface area (Å²) in [6.45, 7) is 3.53. The lowest BCUT2D eigenvalue weighted by molar-refractivity contribution is 0.619. The van der Waals surface area contributed by atoms with Crippen LogP contribution in [0.3, 0.4) is 0 Å². The molecule has 0 atom stereocenters. The van der Waals surface area contributed by atoms with Gasteiger partial charge in [0, 0.05) is 22.1 Å². The molecule has 0 spiro atoms. The van der Waals surface area contributed by atoms with Gasteiger partial charge in [0.25, 0.3) is 5.56 Å². The molecule has 0 bridgehead atoms. The highest BCUT2D eigenvalue weighted by Gasteiger charge is 2.16. The maximum absolute atomic E-state index is 12.1. The molecule has 19 heavy (non-hydrogen) atoms. The van der Waals surface area contributed by atoms with E-state index in [1.165, 1.54) is 0 Å². The summed E-state index contributed by atoms with van der Waals surface area (Å²) in [5.74, 6) is 0.624. The highest BCUT2D eigenvalue weighted by Crippen LogP contribution is 2.26. The second-order valence-corrected chi connectivity index (χ2v) is 5.60. The lowest BCUT2D eigenvalue weighted by atomic mass is 10.1. The predicted molar refractivity (Wildman–Crippen MR) is 78.1 cm³/mol. The minimum atomic E-state index is -0.0195. The number of aromatic nitrogens is 2. The molecule has 0 saturated heterocycles. The number of benzene rings is 1. The van der Waals surface area contributed by atoms with Gasteiger partial charge in [0.2, 0.25) is 0 Å². The Hall–Kier alpha value is -1.46. The van der Waals surface area contributed by atoms with Gasteiger partial charge in [0.15, 0.2) is 0 Å². The van der Waals surface area contributed by atoms with Crippen LogP contribution >= 0.6 is 15.9 Å². The van der Waals surface area contributed by atoms with Gasteiger partial charge >= 0.3 is 0 Å². The number of aromatic amines is 1. The number of fused-ring (bicyclic) bond motifs is 1. The number of nitrogens with one attached hydrogen (secondary N) is 2. The topological polar surface area (TPSA) is 57.8 Å². The third kappa shape index (κ3) is 2.35. The Morgan fingerprint density at radius 1 is 1.37 bits per heavy atom. The van der Waals surface area contributed by atoms with Crippen molar-refractivity contribution in [2.75, 3.05) is 6.54 Å². The van der Waals surface area contributed by atoms with Crippen molar-refractivity contribution >= 4 is 15.9 Å². The zero-order chi connectivity index (χ0) is 13.4. The van der Waals surface area contributed by atoms with Crippen LogP contribution in [0.5, 0.6) is 0 Å². The highest BCUT2D eigenvalue weighted by atomic mass is 79.9. The Morgan fingerprint density at radius 2 is 2.21 bits per heavy atom. The van der Waals surface area contributed by atoms with Gasteiger partial charge in [-0.3, -0.25) is 4.79 Å². The van der Waals surface area contributed by atoms with E-state index >= 15 is 0 Å². The first kappa shape index (κ1) is 12.6. The molecule has 0 saturated carbocycles. The molecule has 0 unspecified atom stereocenters. The number of nitrogens with zero attached hydrogens (tertiary/aromatic N) is 1. The number of aryl methyl sites for hydroxylation is 1. The van der Waals surface area contributed by atoms with E-state index in [0.717, 1.165) is 39.8 Å². The van der Waals surface area contributed by atoms with Crippen molar-refractivity contribution in [1.29, 1.82) is 0 Å². The number of halogens is 1. The van der Waals surface area contributed by atoms with Crippen molar-refractivity contribution in [3.05, 3.63) is 49.8 Å². The van der Waals surface area contributed by atoms with Crippen LogP contribution in [0.1, 0.15) is 16.8 Å². The summed E-state index contributed by atoms with van der Waals surface area (Å²) < 4.78 is 0.944. The van der Waals surface area contributed by atoms with Crippen LogP contribution in [0.2, 0.25) is 0 Å². The zero-order valence-electron chi connectivity index (χ0n) is 10.6. The van der Waals surface area contributed by atoms with Crippen molar-refractivity contribution in [2.45, 2.75) is 19.9 Å². The van der Waals surface area contributed by atoms with Crippen LogP contribution in [0.25, 0.3) is 11.4 Å². The monoisotopic (exact) mass is 319 g/mol. The summed E-state index contributed by atoms with van der Waals surface area (Å²) in [6.07, 6.45) is 0.743. The van der Waals surface area contributed by atoms with Crippen molar-refractivity contribution in [2.24, 2.45) is 0 Å². The van der Waals surface area contributed by atoms with E-state index in [-0.39, 0.29) is 5.56 Å². The lowest BCUT2D eigenvalue weighted by Gasteiger charge is -2.16. The SMILES string of the molecule is Cc1ccc(-c2nc3c(c(=O)[nH]2)CCNC3)c(Br)c1. The first-order valence-corrected chi connectivity index (χ1v) is 7.04. The van der Waals surface area contributed by atoms with E-state index in [9.17, 15) is 4.79 Å². The first-order chi connectivity index (χ1) is 9.15. The molecule has 0 aliphatic carbocycles. The Bertz CT molecular complexity index is 694. The summed E-state index contributed by atoms with van der Waals surface area (Å²) in [4.78, 5) is 19.6.